The summed E-state index contributed by atoms with van der Waals surface area (Å²) in [6.07, 6.45) is 0.463. The van der Waals surface area contributed by atoms with Crippen molar-refractivity contribution in [1.82, 2.24) is 10.3 Å². The number of amides is 1. The van der Waals surface area contributed by atoms with Gasteiger partial charge in [0.1, 0.15) is 11.4 Å². The van der Waals surface area contributed by atoms with Crippen LogP contribution in [0.15, 0.2) is 36.4 Å². The Kier molecular flexibility index (Phi) is 4.85. The van der Waals surface area contributed by atoms with E-state index < -0.39 is 11.7 Å². The Morgan fingerprint density at radius 3 is 2.89 bits per heavy atom. The number of nitrogens with zero attached hydrogens (tertiary/aromatic N) is 1. The van der Waals surface area contributed by atoms with Crippen LogP contribution in [0.5, 0.6) is 5.75 Å². The van der Waals surface area contributed by atoms with Crippen molar-refractivity contribution in [2.24, 2.45) is 0 Å². The molecule has 3 aromatic rings. The smallest absolute Gasteiger partial charge is 0.407 e. The Morgan fingerprint density at radius 2 is 2.07 bits per heavy atom. The van der Waals surface area contributed by atoms with Crippen LogP contribution in [0.2, 0.25) is 0 Å². The fraction of sp³-hybridized carbons (Fsp3) is 0.333. The van der Waals surface area contributed by atoms with E-state index >= 15 is 0 Å². The lowest BCUT2D eigenvalue weighted by atomic mass is 10.1. The second-order valence-corrected chi connectivity index (χ2v) is 8.67. The normalized spacial score (nSPS) is 13.1. The highest BCUT2D eigenvalue weighted by Crippen LogP contribution is 2.37. The van der Waals surface area contributed by atoms with Crippen LogP contribution in [0, 0.1) is 0 Å². The van der Waals surface area contributed by atoms with E-state index in [1.807, 2.05) is 51.1 Å². The molecule has 6 nitrogen and oxygen atoms in total. The summed E-state index contributed by atoms with van der Waals surface area (Å²) in [5, 5.41) is 7.03. The predicted molar refractivity (Wildman–Crippen MR) is 112 cm³/mol. The van der Waals surface area contributed by atoms with E-state index in [1.165, 1.54) is 5.56 Å². The number of thiazole rings is 1. The highest BCUT2D eigenvalue weighted by Gasteiger charge is 2.19. The molecule has 0 radical (unpaired) electrons. The van der Waals surface area contributed by atoms with Gasteiger partial charge in [-0.15, -0.1) is 0 Å². The molecule has 0 saturated carbocycles. The Morgan fingerprint density at radius 1 is 1.25 bits per heavy atom. The number of fused-ring (bicyclic) bond motifs is 3. The third-order valence-electron chi connectivity index (χ3n) is 4.31. The molecule has 1 aliphatic rings. The van der Waals surface area contributed by atoms with Gasteiger partial charge < -0.3 is 20.1 Å². The molecule has 146 valence electrons. The first kappa shape index (κ1) is 18.6. The molecule has 0 aliphatic carbocycles. The van der Waals surface area contributed by atoms with E-state index in [0.29, 0.717) is 13.2 Å². The molecule has 0 bridgehead atoms. The summed E-state index contributed by atoms with van der Waals surface area (Å²) in [5.41, 5.74) is 3.53. The Balaban J connectivity index is 1.51. The van der Waals surface area contributed by atoms with Crippen molar-refractivity contribution < 1.29 is 14.3 Å². The number of nitrogens with one attached hydrogen (secondary N) is 2. The molecule has 2 aromatic carbocycles. The van der Waals surface area contributed by atoms with Gasteiger partial charge in [0, 0.05) is 24.2 Å². The van der Waals surface area contributed by atoms with Crippen LogP contribution in [-0.2, 0) is 17.7 Å². The van der Waals surface area contributed by atoms with Crippen molar-refractivity contribution in [1.29, 1.82) is 0 Å². The first-order valence-corrected chi connectivity index (χ1v) is 10.1. The monoisotopic (exact) mass is 397 g/mol. The van der Waals surface area contributed by atoms with Crippen LogP contribution < -0.4 is 15.4 Å². The zero-order chi connectivity index (χ0) is 19.7. The largest absolute Gasteiger partial charge is 0.493 e. The molecule has 2 heterocycles. The van der Waals surface area contributed by atoms with Crippen LogP contribution in [0.3, 0.4) is 0 Å². The fourth-order valence-electron chi connectivity index (χ4n) is 3.12. The molecule has 28 heavy (non-hydrogen) atoms. The summed E-state index contributed by atoms with van der Waals surface area (Å²) in [4.78, 5) is 16.7. The summed E-state index contributed by atoms with van der Waals surface area (Å²) in [6.45, 7) is 6.62. The van der Waals surface area contributed by atoms with Gasteiger partial charge in [-0.3, -0.25) is 0 Å². The Labute approximate surface area is 167 Å². The van der Waals surface area contributed by atoms with Gasteiger partial charge in [-0.1, -0.05) is 29.5 Å². The van der Waals surface area contributed by atoms with E-state index in [2.05, 4.69) is 16.7 Å². The van der Waals surface area contributed by atoms with E-state index in [9.17, 15) is 4.79 Å². The predicted octanol–water partition coefficient (Wildman–Crippen LogP) is 5.00. The van der Waals surface area contributed by atoms with Crippen LogP contribution in [0.25, 0.3) is 10.2 Å². The number of carbonyl (C=O) groups excluding carboxylic acids is 1. The zero-order valence-electron chi connectivity index (χ0n) is 16.2. The van der Waals surface area contributed by atoms with Gasteiger partial charge in [0.05, 0.1) is 16.8 Å². The van der Waals surface area contributed by atoms with Gasteiger partial charge in [0.25, 0.3) is 0 Å². The molecule has 4 rings (SSSR count). The minimum atomic E-state index is -0.521. The van der Waals surface area contributed by atoms with Crippen molar-refractivity contribution in [3.05, 3.63) is 47.5 Å². The second kappa shape index (κ2) is 7.31. The lowest BCUT2D eigenvalue weighted by molar-refractivity contribution is 0.0523. The lowest BCUT2D eigenvalue weighted by Crippen LogP contribution is -2.32. The summed E-state index contributed by atoms with van der Waals surface area (Å²) in [7, 11) is 0. The maximum Gasteiger partial charge on any atom is 0.407 e. The van der Waals surface area contributed by atoms with Gasteiger partial charge in [-0.2, -0.15) is 0 Å². The van der Waals surface area contributed by atoms with Gasteiger partial charge in [0.15, 0.2) is 5.13 Å². The summed E-state index contributed by atoms with van der Waals surface area (Å²) in [5.74, 6) is 0.936. The number of hydrogen-bond acceptors (Lipinski definition) is 6. The average molecular weight is 398 g/mol. The highest BCUT2D eigenvalue weighted by molar-refractivity contribution is 7.22. The van der Waals surface area contributed by atoms with Crippen molar-refractivity contribution in [2.45, 2.75) is 39.3 Å². The maximum absolute atomic E-state index is 12.0. The molecular formula is C21H23N3O3S. The molecule has 0 unspecified atom stereocenters. The molecule has 0 atom stereocenters. The Hall–Kier alpha value is -2.80. The van der Waals surface area contributed by atoms with Crippen molar-refractivity contribution in [3.8, 4) is 5.75 Å². The van der Waals surface area contributed by atoms with Crippen LogP contribution in [0.1, 0.15) is 31.9 Å². The molecule has 1 aliphatic heterocycles. The lowest BCUT2D eigenvalue weighted by Gasteiger charge is -2.20. The SMILES string of the molecule is CC(C)(C)OC(=O)NCc1ccccc1Nc1nc2c3c(ccc2s1)OCC3. The fourth-order valence-corrected chi connectivity index (χ4v) is 4.02. The maximum atomic E-state index is 12.0. The van der Waals surface area contributed by atoms with Crippen LogP contribution in [-0.4, -0.2) is 23.3 Å². The van der Waals surface area contributed by atoms with E-state index in [-0.39, 0.29) is 0 Å². The molecular weight excluding hydrogens is 374 g/mol. The Bertz CT molecular complexity index is 1020. The number of anilines is 2. The molecule has 1 amide bonds. The molecule has 2 N–H and O–H groups in total. The quantitative estimate of drug-likeness (QED) is 0.648. The van der Waals surface area contributed by atoms with Crippen molar-refractivity contribution in [3.63, 3.8) is 0 Å². The minimum Gasteiger partial charge on any atom is -0.493 e. The first-order chi connectivity index (χ1) is 13.4. The second-order valence-electron chi connectivity index (χ2n) is 7.64. The summed E-state index contributed by atoms with van der Waals surface area (Å²) in [6, 6.07) is 11.9. The summed E-state index contributed by atoms with van der Waals surface area (Å²) < 4.78 is 12.1. The number of rotatable bonds is 4. The number of ether oxygens (including phenoxy) is 2. The van der Waals surface area contributed by atoms with E-state index in [4.69, 9.17) is 14.5 Å². The van der Waals surface area contributed by atoms with Crippen LogP contribution in [0.4, 0.5) is 15.6 Å². The standard InChI is InChI=1S/C21H23N3O3S/c1-21(2,3)27-20(25)22-12-13-6-4-5-7-15(13)23-19-24-18-14-10-11-26-16(14)8-9-17(18)28-19/h4-9H,10-12H2,1-3H3,(H,22,25)(H,23,24). The van der Waals surface area contributed by atoms with Gasteiger partial charge >= 0.3 is 6.09 Å². The van der Waals surface area contributed by atoms with E-state index in [1.54, 1.807) is 11.3 Å². The molecule has 7 heteroatoms. The third-order valence-corrected chi connectivity index (χ3v) is 5.25. The van der Waals surface area contributed by atoms with Gasteiger partial charge in [-0.25, -0.2) is 9.78 Å². The van der Waals surface area contributed by atoms with E-state index in [0.717, 1.165) is 38.8 Å². The zero-order valence-corrected chi connectivity index (χ0v) is 17.0. The van der Waals surface area contributed by atoms with Crippen molar-refractivity contribution >= 4 is 38.5 Å². The number of alkyl carbamates (subject to hydrolysis) is 1. The average Bonchev–Trinajstić information content (AvgIpc) is 3.25. The number of aromatic nitrogens is 1. The van der Waals surface area contributed by atoms with Gasteiger partial charge in [0.2, 0.25) is 0 Å². The number of para-hydroxylation sites is 1. The van der Waals surface area contributed by atoms with Gasteiger partial charge in [-0.05, 0) is 44.5 Å². The highest BCUT2D eigenvalue weighted by atomic mass is 32.1. The number of hydrogen-bond donors (Lipinski definition) is 2. The van der Waals surface area contributed by atoms with Crippen LogP contribution >= 0.6 is 11.3 Å². The molecule has 0 spiro atoms. The number of carbonyl (C=O) groups is 1. The summed E-state index contributed by atoms with van der Waals surface area (Å²) >= 11 is 1.61. The third kappa shape index (κ3) is 4.04. The molecule has 0 fully saturated rings. The number of benzene rings is 2. The minimum absolute atomic E-state index is 0.367. The van der Waals surface area contributed by atoms with Crippen molar-refractivity contribution in [2.75, 3.05) is 11.9 Å². The first-order valence-electron chi connectivity index (χ1n) is 9.26. The topological polar surface area (TPSA) is 72.5 Å². The molecule has 1 aromatic heterocycles. The molecule has 0 saturated heterocycles.